The fourth-order valence-electron chi connectivity index (χ4n) is 2.50. The molecule has 29 heavy (non-hydrogen) atoms. The summed E-state index contributed by atoms with van der Waals surface area (Å²) in [5.41, 5.74) is 3.86. The Morgan fingerprint density at radius 2 is 1.52 bits per heavy atom. The molecule has 0 aliphatic heterocycles. The van der Waals surface area contributed by atoms with Crippen molar-refractivity contribution in [1.82, 2.24) is 0 Å². The highest BCUT2D eigenvalue weighted by Gasteiger charge is 2.00. The Balaban J connectivity index is 2.28. The molecule has 0 aromatic heterocycles. The maximum Gasteiger partial charge on any atom is 0.308 e. The number of esters is 1. The zero-order valence-electron chi connectivity index (χ0n) is 16.8. The average Bonchev–Trinajstić information content (AvgIpc) is 2.71. The lowest BCUT2D eigenvalue weighted by Gasteiger charge is -2.05. The van der Waals surface area contributed by atoms with Gasteiger partial charge < -0.3 is 9.47 Å². The van der Waals surface area contributed by atoms with Gasteiger partial charge in [0.05, 0.1) is 7.11 Å². The molecule has 0 saturated carbocycles. The van der Waals surface area contributed by atoms with Crippen molar-refractivity contribution in [3.63, 3.8) is 0 Å². The first kappa shape index (κ1) is 21.6. The molecule has 0 fully saturated rings. The summed E-state index contributed by atoms with van der Waals surface area (Å²) in [5.74, 6) is 0.961. The molecule has 2 aromatic carbocycles. The molecule has 148 valence electrons. The van der Waals surface area contributed by atoms with Gasteiger partial charge >= 0.3 is 5.97 Å². The van der Waals surface area contributed by atoms with Crippen LogP contribution in [0.5, 0.6) is 11.5 Å². The zero-order chi connectivity index (χ0) is 21.1. The van der Waals surface area contributed by atoms with Crippen LogP contribution in [0.2, 0.25) is 0 Å². The lowest BCUT2D eigenvalue weighted by Crippen LogP contribution is -2.00. The SMILES string of the molecule is COc1ccc(C(C=Cc2ccc(OC(C)=O)cc2)=CC=CC(C)=CC=O)cc1. The van der Waals surface area contributed by atoms with E-state index in [1.165, 1.54) is 13.0 Å². The number of ether oxygens (including phenoxy) is 2. The predicted molar refractivity (Wildman–Crippen MR) is 117 cm³/mol. The third kappa shape index (κ3) is 7.46. The first-order valence-electron chi connectivity index (χ1n) is 9.13. The van der Waals surface area contributed by atoms with Gasteiger partial charge in [-0.3, -0.25) is 9.59 Å². The van der Waals surface area contributed by atoms with Crippen LogP contribution < -0.4 is 9.47 Å². The van der Waals surface area contributed by atoms with Gasteiger partial charge in [-0.1, -0.05) is 54.6 Å². The van der Waals surface area contributed by atoms with Crippen molar-refractivity contribution < 1.29 is 19.1 Å². The van der Waals surface area contributed by atoms with Gasteiger partial charge in [0, 0.05) is 6.92 Å². The molecule has 0 N–H and O–H groups in total. The molecule has 0 amide bonds. The van der Waals surface area contributed by atoms with Crippen LogP contribution in [0.3, 0.4) is 0 Å². The molecule has 0 heterocycles. The van der Waals surface area contributed by atoms with Crippen molar-refractivity contribution in [3.8, 4) is 11.5 Å². The molecule has 0 atom stereocenters. The summed E-state index contributed by atoms with van der Waals surface area (Å²) in [7, 11) is 1.63. The molecule has 0 spiro atoms. The standard InChI is InChI=1S/C25H24O4/c1-19(17-18-26)5-4-6-22(23-11-15-24(28-3)16-12-23)10-7-21-8-13-25(14-9-21)29-20(2)27/h4-18H,1-3H3. The molecule has 4 heteroatoms. The topological polar surface area (TPSA) is 52.6 Å². The van der Waals surface area contributed by atoms with Gasteiger partial charge in [0.25, 0.3) is 0 Å². The zero-order valence-corrected chi connectivity index (χ0v) is 16.8. The molecule has 0 aliphatic rings. The van der Waals surface area contributed by atoms with Crippen LogP contribution in [0.15, 0.2) is 84.5 Å². The van der Waals surface area contributed by atoms with E-state index in [-0.39, 0.29) is 5.97 Å². The number of carbonyl (C=O) groups is 2. The van der Waals surface area contributed by atoms with Crippen molar-refractivity contribution in [1.29, 1.82) is 0 Å². The Morgan fingerprint density at radius 1 is 0.862 bits per heavy atom. The van der Waals surface area contributed by atoms with Crippen LogP contribution in [0.25, 0.3) is 11.6 Å². The van der Waals surface area contributed by atoms with Gasteiger partial charge in [-0.05, 0) is 59.5 Å². The van der Waals surface area contributed by atoms with Crippen LogP contribution in [-0.4, -0.2) is 19.4 Å². The fourth-order valence-corrected chi connectivity index (χ4v) is 2.50. The highest BCUT2D eigenvalue weighted by molar-refractivity contribution is 5.80. The summed E-state index contributed by atoms with van der Waals surface area (Å²) in [5, 5.41) is 0. The average molecular weight is 388 g/mol. The largest absolute Gasteiger partial charge is 0.497 e. The van der Waals surface area contributed by atoms with Gasteiger partial charge in [0.1, 0.15) is 17.8 Å². The minimum atomic E-state index is -0.344. The van der Waals surface area contributed by atoms with E-state index in [2.05, 4.69) is 0 Å². The van der Waals surface area contributed by atoms with Gasteiger partial charge in [0.2, 0.25) is 0 Å². The van der Waals surface area contributed by atoms with Gasteiger partial charge in [-0.25, -0.2) is 0 Å². The van der Waals surface area contributed by atoms with Crippen molar-refractivity contribution in [3.05, 3.63) is 95.6 Å². The monoisotopic (exact) mass is 388 g/mol. The first-order valence-corrected chi connectivity index (χ1v) is 9.13. The molecule has 0 radical (unpaired) electrons. The minimum Gasteiger partial charge on any atom is -0.497 e. The highest BCUT2D eigenvalue weighted by atomic mass is 16.5. The van der Waals surface area contributed by atoms with Crippen molar-refractivity contribution in [2.45, 2.75) is 13.8 Å². The van der Waals surface area contributed by atoms with Crippen molar-refractivity contribution in [2.24, 2.45) is 0 Å². The van der Waals surface area contributed by atoms with E-state index in [1.807, 2.05) is 73.7 Å². The van der Waals surface area contributed by atoms with Crippen LogP contribution in [0.1, 0.15) is 25.0 Å². The molecular formula is C25H24O4. The van der Waals surface area contributed by atoms with E-state index < -0.39 is 0 Å². The van der Waals surface area contributed by atoms with E-state index in [0.717, 1.165) is 34.3 Å². The van der Waals surface area contributed by atoms with Crippen LogP contribution in [0, 0.1) is 0 Å². The summed E-state index contributed by atoms with van der Waals surface area (Å²) in [6.07, 6.45) is 12.0. The van der Waals surface area contributed by atoms with Gasteiger partial charge in [-0.2, -0.15) is 0 Å². The van der Waals surface area contributed by atoms with Crippen molar-refractivity contribution >= 4 is 23.9 Å². The van der Waals surface area contributed by atoms with E-state index in [4.69, 9.17) is 9.47 Å². The summed E-state index contributed by atoms with van der Waals surface area (Å²) in [6, 6.07) is 15.1. The Morgan fingerprint density at radius 3 is 2.10 bits per heavy atom. The fraction of sp³-hybridized carbons (Fsp3) is 0.120. The molecule has 4 nitrogen and oxygen atoms in total. The number of carbonyl (C=O) groups excluding carboxylic acids is 2. The summed E-state index contributed by atoms with van der Waals surface area (Å²) < 4.78 is 10.3. The van der Waals surface area contributed by atoms with E-state index >= 15 is 0 Å². The number of aldehydes is 1. The van der Waals surface area contributed by atoms with Crippen LogP contribution in [0.4, 0.5) is 0 Å². The summed E-state index contributed by atoms with van der Waals surface area (Å²) >= 11 is 0. The second-order valence-electron chi connectivity index (χ2n) is 6.25. The molecule has 0 bridgehead atoms. The highest BCUT2D eigenvalue weighted by Crippen LogP contribution is 2.22. The molecule has 0 aliphatic carbocycles. The van der Waals surface area contributed by atoms with Crippen molar-refractivity contribution in [2.75, 3.05) is 7.11 Å². The second kappa shape index (κ2) is 11.2. The maximum absolute atomic E-state index is 11.0. The third-order valence-corrected chi connectivity index (χ3v) is 3.99. The quantitative estimate of drug-likeness (QED) is 0.199. The number of allylic oxidation sites excluding steroid dienone is 7. The molecule has 2 rings (SSSR count). The lowest BCUT2D eigenvalue weighted by molar-refractivity contribution is -0.131. The number of hydrogen-bond donors (Lipinski definition) is 0. The lowest BCUT2D eigenvalue weighted by atomic mass is 10.0. The minimum absolute atomic E-state index is 0.344. The Bertz CT molecular complexity index is 943. The normalized spacial score (nSPS) is 12.4. The smallest absolute Gasteiger partial charge is 0.308 e. The molecule has 2 aromatic rings. The van der Waals surface area contributed by atoms with E-state index in [0.29, 0.717) is 5.75 Å². The maximum atomic E-state index is 11.0. The number of methoxy groups -OCH3 is 1. The number of hydrogen-bond acceptors (Lipinski definition) is 4. The number of rotatable bonds is 8. The molecule has 0 saturated heterocycles. The molecule has 0 unspecified atom stereocenters. The third-order valence-electron chi connectivity index (χ3n) is 3.99. The Labute approximate surface area is 171 Å². The number of benzene rings is 2. The van der Waals surface area contributed by atoms with Gasteiger partial charge in [-0.15, -0.1) is 0 Å². The second-order valence-corrected chi connectivity index (χ2v) is 6.25. The predicted octanol–water partition coefficient (Wildman–Crippen LogP) is 5.42. The van der Waals surface area contributed by atoms with E-state index in [9.17, 15) is 9.59 Å². The van der Waals surface area contributed by atoms with Crippen LogP contribution in [-0.2, 0) is 9.59 Å². The van der Waals surface area contributed by atoms with Gasteiger partial charge in [0.15, 0.2) is 0 Å². The summed E-state index contributed by atoms with van der Waals surface area (Å²) in [6.45, 7) is 3.24. The first-order chi connectivity index (χ1) is 14.0. The summed E-state index contributed by atoms with van der Waals surface area (Å²) in [4.78, 5) is 21.6. The Kier molecular flexibility index (Phi) is 8.39. The Hall–Kier alpha value is -3.66. The molecular weight excluding hydrogens is 364 g/mol. The van der Waals surface area contributed by atoms with E-state index in [1.54, 1.807) is 19.2 Å². The van der Waals surface area contributed by atoms with Crippen LogP contribution >= 0.6 is 0 Å².